The van der Waals surface area contributed by atoms with Crippen molar-refractivity contribution in [1.29, 1.82) is 0 Å². The summed E-state index contributed by atoms with van der Waals surface area (Å²) >= 11 is 0. The second kappa shape index (κ2) is 5.38. The predicted molar refractivity (Wildman–Crippen MR) is 57.1 cm³/mol. The van der Waals surface area contributed by atoms with E-state index in [0.29, 0.717) is 0 Å². The van der Waals surface area contributed by atoms with Crippen molar-refractivity contribution in [2.75, 3.05) is 0 Å². The van der Waals surface area contributed by atoms with Crippen LogP contribution in [0.4, 0.5) is 0 Å². The summed E-state index contributed by atoms with van der Waals surface area (Å²) in [6.07, 6.45) is 8.55. The van der Waals surface area contributed by atoms with Gasteiger partial charge in [-0.05, 0) is 31.0 Å². The maximum Gasteiger partial charge on any atom is 0.0470 e. The molecule has 74 valence electrons. The summed E-state index contributed by atoms with van der Waals surface area (Å²) < 4.78 is 0. The van der Waals surface area contributed by atoms with E-state index in [1.165, 1.54) is 0 Å². The lowest BCUT2D eigenvalue weighted by Crippen LogP contribution is -2.28. The molecule has 0 aliphatic carbocycles. The molecule has 0 amide bonds. The van der Waals surface area contributed by atoms with Crippen LogP contribution in [0, 0.1) is 19.3 Å². The van der Waals surface area contributed by atoms with Gasteiger partial charge in [0.1, 0.15) is 0 Å². The molecule has 1 rings (SSSR count). The van der Waals surface area contributed by atoms with Gasteiger partial charge >= 0.3 is 0 Å². The van der Waals surface area contributed by atoms with E-state index in [-0.39, 0.29) is 6.04 Å². The van der Waals surface area contributed by atoms with Gasteiger partial charge in [-0.3, -0.25) is 16.3 Å². The van der Waals surface area contributed by atoms with Gasteiger partial charge in [-0.25, -0.2) is 0 Å². The highest BCUT2D eigenvalue weighted by Gasteiger charge is 2.08. The SMILES string of the molecule is C#CCCC(NN)c1ccnc(C)c1. The van der Waals surface area contributed by atoms with Crippen molar-refractivity contribution < 1.29 is 0 Å². The molecule has 0 spiro atoms. The van der Waals surface area contributed by atoms with Gasteiger partial charge in [-0.15, -0.1) is 12.3 Å². The molecule has 0 saturated heterocycles. The van der Waals surface area contributed by atoms with E-state index in [1.54, 1.807) is 6.20 Å². The number of pyridine rings is 1. The van der Waals surface area contributed by atoms with Gasteiger partial charge in [-0.2, -0.15) is 0 Å². The Morgan fingerprint density at radius 2 is 2.50 bits per heavy atom. The fraction of sp³-hybridized carbons (Fsp3) is 0.364. The number of terminal acetylenes is 1. The molecule has 0 aliphatic rings. The highest BCUT2D eigenvalue weighted by atomic mass is 15.2. The lowest BCUT2D eigenvalue weighted by Gasteiger charge is -2.14. The molecule has 1 heterocycles. The Balaban J connectivity index is 2.74. The molecule has 0 radical (unpaired) electrons. The van der Waals surface area contributed by atoms with Gasteiger partial charge in [-0.1, -0.05) is 0 Å². The number of rotatable bonds is 4. The first-order valence-corrected chi connectivity index (χ1v) is 4.60. The molecule has 0 saturated carbocycles. The highest BCUT2D eigenvalue weighted by molar-refractivity contribution is 5.19. The standard InChI is InChI=1S/C11H15N3/c1-3-4-5-11(14-12)10-6-7-13-9(2)8-10/h1,6-8,11,14H,4-5,12H2,2H3. The molecular weight excluding hydrogens is 174 g/mol. The first kappa shape index (κ1) is 10.7. The summed E-state index contributed by atoms with van der Waals surface area (Å²) in [6.45, 7) is 1.96. The number of nitrogens with one attached hydrogen (secondary N) is 1. The second-order valence-corrected chi connectivity index (χ2v) is 3.19. The Kier molecular flexibility index (Phi) is 4.11. The van der Waals surface area contributed by atoms with Crippen LogP contribution in [-0.4, -0.2) is 4.98 Å². The average Bonchev–Trinajstić information content (AvgIpc) is 2.19. The summed E-state index contributed by atoms with van der Waals surface area (Å²) in [6, 6.07) is 4.09. The molecule has 0 fully saturated rings. The molecule has 1 unspecified atom stereocenters. The topological polar surface area (TPSA) is 50.9 Å². The first-order valence-electron chi connectivity index (χ1n) is 4.60. The molecule has 3 N–H and O–H groups in total. The Hall–Kier alpha value is -1.37. The minimum absolute atomic E-state index is 0.118. The van der Waals surface area contributed by atoms with Crippen LogP contribution in [0.25, 0.3) is 0 Å². The molecule has 1 aromatic heterocycles. The van der Waals surface area contributed by atoms with E-state index < -0.39 is 0 Å². The smallest absolute Gasteiger partial charge is 0.0470 e. The molecule has 0 aliphatic heterocycles. The van der Waals surface area contributed by atoms with Crippen LogP contribution in [0.15, 0.2) is 18.3 Å². The van der Waals surface area contributed by atoms with Crippen LogP contribution in [0.1, 0.15) is 30.1 Å². The maximum atomic E-state index is 5.46. The number of hydrogen-bond acceptors (Lipinski definition) is 3. The van der Waals surface area contributed by atoms with Gasteiger partial charge in [0, 0.05) is 24.4 Å². The number of hydrazine groups is 1. The number of hydrogen-bond donors (Lipinski definition) is 2. The van der Waals surface area contributed by atoms with E-state index in [0.717, 1.165) is 24.1 Å². The van der Waals surface area contributed by atoms with E-state index in [4.69, 9.17) is 12.3 Å². The Morgan fingerprint density at radius 1 is 1.71 bits per heavy atom. The zero-order chi connectivity index (χ0) is 10.4. The Bertz CT molecular complexity index is 328. The van der Waals surface area contributed by atoms with Crippen LogP contribution < -0.4 is 11.3 Å². The quantitative estimate of drug-likeness (QED) is 0.426. The van der Waals surface area contributed by atoms with E-state index >= 15 is 0 Å². The summed E-state index contributed by atoms with van der Waals surface area (Å²) in [5, 5.41) is 0. The monoisotopic (exact) mass is 189 g/mol. The number of aryl methyl sites for hydroxylation is 1. The summed E-state index contributed by atoms with van der Waals surface area (Å²) in [5.41, 5.74) is 4.88. The number of nitrogens with two attached hydrogens (primary N) is 1. The fourth-order valence-corrected chi connectivity index (χ4v) is 1.36. The van der Waals surface area contributed by atoms with Crippen LogP contribution in [0.5, 0.6) is 0 Å². The van der Waals surface area contributed by atoms with Crippen molar-refractivity contribution >= 4 is 0 Å². The second-order valence-electron chi connectivity index (χ2n) is 3.19. The third-order valence-corrected chi connectivity index (χ3v) is 2.10. The van der Waals surface area contributed by atoms with Crippen molar-refractivity contribution in [3.63, 3.8) is 0 Å². The van der Waals surface area contributed by atoms with Gasteiger partial charge in [0.2, 0.25) is 0 Å². The fourth-order valence-electron chi connectivity index (χ4n) is 1.36. The van der Waals surface area contributed by atoms with Gasteiger partial charge < -0.3 is 0 Å². The Labute approximate surface area is 84.7 Å². The van der Waals surface area contributed by atoms with E-state index in [1.807, 2.05) is 19.1 Å². The van der Waals surface area contributed by atoms with Crippen molar-refractivity contribution in [2.45, 2.75) is 25.8 Å². The third kappa shape index (κ3) is 2.84. The van der Waals surface area contributed by atoms with Crippen molar-refractivity contribution in [3.8, 4) is 12.3 Å². The predicted octanol–water partition coefficient (Wildman–Crippen LogP) is 1.31. The molecular formula is C11H15N3. The summed E-state index contributed by atoms with van der Waals surface area (Å²) in [4.78, 5) is 4.13. The van der Waals surface area contributed by atoms with Crippen molar-refractivity contribution in [1.82, 2.24) is 10.4 Å². The van der Waals surface area contributed by atoms with Crippen molar-refractivity contribution in [3.05, 3.63) is 29.6 Å². The minimum atomic E-state index is 0.118. The Morgan fingerprint density at radius 3 is 3.07 bits per heavy atom. The van der Waals surface area contributed by atoms with Gasteiger partial charge in [0.05, 0.1) is 0 Å². The lowest BCUT2D eigenvalue weighted by atomic mass is 10.0. The first-order chi connectivity index (χ1) is 6.77. The normalized spacial score (nSPS) is 12.1. The minimum Gasteiger partial charge on any atom is -0.271 e. The largest absolute Gasteiger partial charge is 0.271 e. The van der Waals surface area contributed by atoms with Crippen molar-refractivity contribution in [2.24, 2.45) is 5.84 Å². The molecule has 0 bridgehead atoms. The lowest BCUT2D eigenvalue weighted by molar-refractivity contribution is 0.523. The molecule has 3 nitrogen and oxygen atoms in total. The van der Waals surface area contributed by atoms with Crippen LogP contribution in [-0.2, 0) is 0 Å². The molecule has 1 aromatic rings. The third-order valence-electron chi connectivity index (χ3n) is 2.10. The van der Waals surface area contributed by atoms with E-state index in [2.05, 4.69) is 16.3 Å². The number of aromatic nitrogens is 1. The molecule has 1 atom stereocenters. The van der Waals surface area contributed by atoms with Gasteiger partial charge in [0.25, 0.3) is 0 Å². The average molecular weight is 189 g/mol. The highest BCUT2D eigenvalue weighted by Crippen LogP contribution is 2.17. The molecule has 14 heavy (non-hydrogen) atoms. The van der Waals surface area contributed by atoms with Crippen LogP contribution in [0.2, 0.25) is 0 Å². The molecule has 0 aromatic carbocycles. The van der Waals surface area contributed by atoms with Crippen LogP contribution in [0.3, 0.4) is 0 Å². The summed E-state index contributed by atoms with van der Waals surface area (Å²) in [7, 11) is 0. The van der Waals surface area contributed by atoms with Crippen LogP contribution >= 0.6 is 0 Å². The summed E-state index contributed by atoms with van der Waals surface area (Å²) in [5.74, 6) is 8.06. The zero-order valence-corrected chi connectivity index (χ0v) is 8.33. The number of nitrogens with zero attached hydrogens (tertiary/aromatic N) is 1. The zero-order valence-electron chi connectivity index (χ0n) is 8.33. The molecule has 3 heteroatoms. The maximum absolute atomic E-state index is 5.46. The van der Waals surface area contributed by atoms with E-state index in [9.17, 15) is 0 Å². The van der Waals surface area contributed by atoms with Gasteiger partial charge in [0.15, 0.2) is 0 Å².